The van der Waals surface area contributed by atoms with Crippen molar-refractivity contribution in [2.45, 2.75) is 67.7 Å². The van der Waals surface area contributed by atoms with Gasteiger partial charge < -0.3 is 14.6 Å². The third kappa shape index (κ3) is 15.5. The number of anilines is 1. The first-order valence-electron chi connectivity index (χ1n) is 14.6. The molecule has 0 saturated carbocycles. The van der Waals surface area contributed by atoms with E-state index >= 15 is 0 Å². The zero-order valence-corrected chi connectivity index (χ0v) is 27.4. The number of allylic oxidation sites excluding steroid dienone is 9. The van der Waals surface area contributed by atoms with Gasteiger partial charge in [-0.15, -0.1) is 12.8 Å². The van der Waals surface area contributed by atoms with Gasteiger partial charge in [0.2, 0.25) is 0 Å². The largest absolute Gasteiger partial charge is 0.448 e. The Bertz CT molecular complexity index is 1190. The summed E-state index contributed by atoms with van der Waals surface area (Å²) in [6.07, 6.45) is 28.3. The Morgan fingerprint density at radius 3 is 2.14 bits per heavy atom. The second-order valence-electron chi connectivity index (χ2n) is 8.74. The number of hydrogen-bond acceptors (Lipinski definition) is 5. The average molecular weight is 571 g/mol. The standard InChI is InChI=1S/C20H26N2O.C13H20N2.C2H6.C2H2/c1-7-17(13-20-16(5)23-14-22-20)10-11-19(12-15(4)21-6)18(8-2)9-3;1-4-9-15(10-5-2)13-11-12(6-3)7-8-14-13;2*1-2/h7-9,11-14,21H,1-2,10H2,3-6H3;6-8,11H,3-5,9-10H2,1-2H3;1-2H3;1-2H/b15-12+,17-13+,18-9-,19-11-;;;. The maximum Gasteiger partial charge on any atom is 0.181 e. The van der Waals surface area contributed by atoms with Gasteiger partial charge in [0.1, 0.15) is 17.3 Å². The predicted molar refractivity (Wildman–Crippen MR) is 187 cm³/mol. The Morgan fingerprint density at radius 1 is 1.05 bits per heavy atom. The molecule has 0 aliphatic carbocycles. The van der Waals surface area contributed by atoms with Gasteiger partial charge in [-0.05, 0) is 86.6 Å². The van der Waals surface area contributed by atoms with Crippen LogP contribution in [0.25, 0.3) is 12.2 Å². The second kappa shape index (κ2) is 25.7. The van der Waals surface area contributed by atoms with Crippen LogP contribution in [0.5, 0.6) is 0 Å². The van der Waals surface area contributed by atoms with E-state index in [1.54, 1.807) is 0 Å². The number of aryl methyl sites for hydroxylation is 1. The van der Waals surface area contributed by atoms with Crippen molar-refractivity contribution in [1.82, 2.24) is 15.3 Å². The number of terminal acetylenes is 1. The molecule has 0 bridgehead atoms. The fourth-order valence-corrected chi connectivity index (χ4v) is 3.64. The van der Waals surface area contributed by atoms with Crippen molar-refractivity contribution in [3.63, 3.8) is 0 Å². The van der Waals surface area contributed by atoms with E-state index in [4.69, 9.17) is 4.42 Å². The molecule has 5 heteroatoms. The van der Waals surface area contributed by atoms with Crippen LogP contribution in [-0.4, -0.2) is 30.1 Å². The van der Waals surface area contributed by atoms with Crippen LogP contribution in [0.15, 0.2) is 102 Å². The summed E-state index contributed by atoms with van der Waals surface area (Å²) in [6, 6.07) is 4.07. The number of aromatic nitrogens is 2. The van der Waals surface area contributed by atoms with Gasteiger partial charge in [-0.2, -0.15) is 0 Å². The lowest BCUT2D eigenvalue weighted by molar-refractivity contribution is 0.526. The number of nitrogens with one attached hydrogen (secondary N) is 1. The topological polar surface area (TPSA) is 54.2 Å². The molecule has 42 heavy (non-hydrogen) atoms. The maximum atomic E-state index is 5.23. The summed E-state index contributed by atoms with van der Waals surface area (Å²) in [4.78, 5) is 10.9. The highest BCUT2D eigenvalue weighted by atomic mass is 16.3. The van der Waals surface area contributed by atoms with E-state index in [0.717, 1.165) is 77.6 Å². The molecule has 0 amide bonds. The lowest BCUT2D eigenvalue weighted by Crippen LogP contribution is -2.25. The Labute approximate surface area is 257 Å². The van der Waals surface area contributed by atoms with E-state index in [1.165, 1.54) is 6.39 Å². The van der Waals surface area contributed by atoms with E-state index in [1.807, 2.05) is 78.2 Å². The van der Waals surface area contributed by atoms with Gasteiger partial charge in [-0.3, -0.25) is 0 Å². The Balaban J connectivity index is 0. The Morgan fingerprint density at radius 2 is 1.69 bits per heavy atom. The number of pyridine rings is 1. The van der Waals surface area contributed by atoms with Crippen LogP contribution in [0.3, 0.4) is 0 Å². The third-order valence-electron chi connectivity index (χ3n) is 5.87. The first-order chi connectivity index (χ1) is 20.4. The summed E-state index contributed by atoms with van der Waals surface area (Å²) >= 11 is 0. The van der Waals surface area contributed by atoms with Crippen molar-refractivity contribution in [1.29, 1.82) is 0 Å². The molecule has 228 valence electrons. The van der Waals surface area contributed by atoms with E-state index in [9.17, 15) is 0 Å². The monoisotopic (exact) mass is 570 g/mol. The molecular weight excluding hydrogens is 516 g/mol. The third-order valence-corrected chi connectivity index (χ3v) is 5.87. The molecule has 0 aliphatic rings. The molecule has 0 radical (unpaired) electrons. The number of oxazole rings is 1. The van der Waals surface area contributed by atoms with Gasteiger partial charge >= 0.3 is 0 Å². The summed E-state index contributed by atoms with van der Waals surface area (Å²) < 4.78 is 5.23. The summed E-state index contributed by atoms with van der Waals surface area (Å²) in [5.41, 5.74) is 6.37. The molecule has 2 aromatic rings. The van der Waals surface area contributed by atoms with Crippen molar-refractivity contribution in [2.75, 3.05) is 25.0 Å². The smallest absolute Gasteiger partial charge is 0.181 e. The van der Waals surface area contributed by atoms with Gasteiger partial charge in [0.25, 0.3) is 0 Å². The highest BCUT2D eigenvalue weighted by Crippen LogP contribution is 2.19. The van der Waals surface area contributed by atoms with E-state index in [2.05, 4.69) is 90.9 Å². The van der Waals surface area contributed by atoms with Crippen LogP contribution >= 0.6 is 0 Å². The molecule has 0 aliphatic heterocycles. The number of hydrogen-bond donors (Lipinski definition) is 1. The van der Waals surface area contributed by atoms with Crippen LogP contribution in [0.2, 0.25) is 0 Å². The molecule has 2 heterocycles. The van der Waals surface area contributed by atoms with Crippen LogP contribution in [-0.2, 0) is 0 Å². The van der Waals surface area contributed by atoms with Gasteiger partial charge in [0.05, 0.1) is 0 Å². The zero-order valence-electron chi connectivity index (χ0n) is 27.4. The maximum absolute atomic E-state index is 5.23. The second-order valence-corrected chi connectivity index (χ2v) is 8.74. The average Bonchev–Trinajstić information content (AvgIpc) is 3.45. The summed E-state index contributed by atoms with van der Waals surface area (Å²) in [6.45, 7) is 28.0. The summed E-state index contributed by atoms with van der Waals surface area (Å²) in [5.74, 6) is 1.87. The molecule has 0 atom stereocenters. The highest BCUT2D eigenvalue weighted by Gasteiger charge is 2.05. The normalized spacial score (nSPS) is 11.4. The Hall–Kier alpha value is -4.30. The minimum Gasteiger partial charge on any atom is -0.448 e. The molecule has 0 unspecified atom stereocenters. The van der Waals surface area contributed by atoms with Crippen LogP contribution in [0.1, 0.15) is 77.8 Å². The first kappa shape index (κ1) is 39.8. The first-order valence-corrected chi connectivity index (χ1v) is 14.6. The molecular formula is C37H54N4O. The van der Waals surface area contributed by atoms with Crippen molar-refractivity contribution in [2.24, 2.45) is 0 Å². The minimum atomic E-state index is 0.754. The number of rotatable bonds is 14. The molecule has 0 spiro atoms. The molecule has 5 nitrogen and oxygen atoms in total. The minimum absolute atomic E-state index is 0.754. The fourth-order valence-electron chi connectivity index (χ4n) is 3.64. The van der Waals surface area contributed by atoms with Crippen LogP contribution in [0.4, 0.5) is 5.82 Å². The molecule has 2 rings (SSSR count). The quantitative estimate of drug-likeness (QED) is 0.181. The van der Waals surface area contributed by atoms with Gasteiger partial charge in [0, 0.05) is 32.0 Å². The van der Waals surface area contributed by atoms with Crippen molar-refractivity contribution in [3.05, 3.63) is 114 Å². The number of nitrogens with zero attached hydrogens (tertiary/aromatic N) is 3. The van der Waals surface area contributed by atoms with E-state index < -0.39 is 0 Å². The summed E-state index contributed by atoms with van der Waals surface area (Å²) in [7, 11) is 1.91. The van der Waals surface area contributed by atoms with Crippen molar-refractivity contribution >= 4 is 18.0 Å². The van der Waals surface area contributed by atoms with Gasteiger partial charge in [0.15, 0.2) is 6.39 Å². The van der Waals surface area contributed by atoms with Crippen molar-refractivity contribution < 1.29 is 4.42 Å². The lowest BCUT2D eigenvalue weighted by Gasteiger charge is -2.22. The van der Waals surface area contributed by atoms with Gasteiger partial charge in [-0.1, -0.05) is 77.8 Å². The molecule has 2 aromatic heterocycles. The van der Waals surface area contributed by atoms with Gasteiger partial charge in [-0.25, -0.2) is 9.97 Å². The van der Waals surface area contributed by atoms with Crippen molar-refractivity contribution in [3.8, 4) is 12.8 Å². The Kier molecular flexibility index (Phi) is 24.3. The lowest BCUT2D eigenvalue weighted by atomic mass is 10.0. The fraction of sp³-hybridized carbons (Fsp3) is 0.351. The molecule has 0 aromatic carbocycles. The summed E-state index contributed by atoms with van der Waals surface area (Å²) in [5, 5.41) is 3.15. The molecule has 1 N–H and O–H groups in total. The zero-order chi connectivity index (χ0) is 32.3. The highest BCUT2D eigenvalue weighted by molar-refractivity contribution is 5.55. The van der Waals surface area contributed by atoms with E-state index in [-0.39, 0.29) is 0 Å². The molecule has 0 fully saturated rings. The van der Waals surface area contributed by atoms with Crippen LogP contribution < -0.4 is 10.2 Å². The predicted octanol–water partition coefficient (Wildman–Crippen LogP) is 9.75. The van der Waals surface area contributed by atoms with Crippen LogP contribution in [0, 0.1) is 19.8 Å². The molecule has 0 saturated heterocycles. The SMILES string of the molecule is C#C.C=C/C(=C\c1ncoc1C)C/C=C(/C=C(\C)NC)C(\C=C)=C/C.C=Cc1ccnc(N(CCC)CCC)c1.CC. The van der Waals surface area contributed by atoms with E-state index in [0.29, 0.717) is 0 Å².